The molecule has 1 amide bonds. The van der Waals surface area contributed by atoms with Crippen molar-refractivity contribution in [1.82, 2.24) is 0 Å². The van der Waals surface area contributed by atoms with Crippen molar-refractivity contribution in [3.05, 3.63) is 48.0 Å². The third-order valence-electron chi connectivity index (χ3n) is 3.85. The molecule has 1 aliphatic heterocycles. The van der Waals surface area contributed by atoms with Crippen LogP contribution in [0.2, 0.25) is 0 Å². The molecule has 1 aliphatic rings. The first-order valence-electron chi connectivity index (χ1n) is 7.51. The summed E-state index contributed by atoms with van der Waals surface area (Å²) in [7, 11) is 0. The van der Waals surface area contributed by atoms with E-state index in [1.807, 2.05) is 56.5 Å². The zero-order chi connectivity index (χ0) is 16.4. The van der Waals surface area contributed by atoms with Crippen LogP contribution in [0.4, 0.5) is 5.69 Å². The predicted octanol–water partition coefficient (Wildman–Crippen LogP) is 4.56. The Hall–Kier alpha value is -2.14. The Bertz CT molecular complexity index is 747. The van der Waals surface area contributed by atoms with Gasteiger partial charge in [-0.15, -0.1) is 11.8 Å². The van der Waals surface area contributed by atoms with Gasteiger partial charge in [-0.25, -0.2) is 0 Å². The number of carbonyl (C=O) groups is 1. The molecule has 2 aromatic carbocycles. The van der Waals surface area contributed by atoms with Crippen LogP contribution in [0.3, 0.4) is 0 Å². The lowest BCUT2D eigenvalue weighted by Gasteiger charge is -2.20. The maximum absolute atomic E-state index is 12.5. The number of rotatable bonds is 4. The van der Waals surface area contributed by atoms with Gasteiger partial charge in [0.1, 0.15) is 0 Å². The highest BCUT2D eigenvalue weighted by Crippen LogP contribution is 2.42. The molecule has 1 heterocycles. The number of carbonyl (C=O) groups excluding carboxylic acids is 1. The van der Waals surface area contributed by atoms with Crippen LogP contribution in [-0.4, -0.2) is 18.0 Å². The molecule has 0 bridgehead atoms. The largest absolute Gasteiger partial charge is 0.449 e. The number of benzene rings is 2. The van der Waals surface area contributed by atoms with Crippen LogP contribution in [0.15, 0.2) is 47.4 Å². The van der Waals surface area contributed by atoms with Crippen molar-refractivity contribution in [2.45, 2.75) is 31.0 Å². The normalized spacial score (nSPS) is 18.7. The number of hydrogen-bond donors (Lipinski definition) is 1. The zero-order valence-corrected chi connectivity index (χ0v) is 14.2. The van der Waals surface area contributed by atoms with E-state index < -0.39 is 5.79 Å². The van der Waals surface area contributed by atoms with E-state index in [9.17, 15) is 4.79 Å². The molecule has 5 heteroatoms. The second kappa shape index (κ2) is 6.16. The van der Waals surface area contributed by atoms with E-state index in [-0.39, 0.29) is 5.91 Å². The van der Waals surface area contributed by atoms with E-state index in [0.29, 0.717) is 22.7 Å². The SMILES string of the molecule is CC[C@]1(C)Oc2ccc(NC(=O)c3ccccc3SC)cc2O1. The summed E-state index contributed by atoms with van der Waals surface area (Å²) in [6, 6.07) is 13.0. The zero-order valence-electron chi connectivity index (χ0n) is 13.4. The first kappa shape index (κ1) is 15.7. The Morgan fingerprint density at radius 2 is 1.91 bits per heavy atom. The van der Waals surface area contributed by atoms with E-state index in [1.165, 1.54) is 0 Å². The van der Waals surface area contributed by atoms with Crippen LogP contribution in [-0.2, 0) is 0 Å². The molecule has 0 unspecified atom stereocenters. The van der Waals surface area contributed by atoms with Gasteiger partial charge < -0.3 is 14.8 Å². The molecule has 1 N–H and O–H groups in total. The van der Waals surface area contributed by atoms with E-state index >= 15 is 0 Å². The van der Waals surface area contributed by atoms with Gasteiger partial charge in [-0.3, -0.25) is 4.79 Å². The van der Waals surface area contributed by atoms with Gasteiger partial charge in [-0.1, -0.05) is 19.1 Å². The molecule has 0 saturated heterocycles. The number of hydrogen-bond acceptors (Lipinski definition) is 4. The molecule has 0 spiro atoms. The highest BCUT2D eigenvalue weighted by Gasteiger charge is 2.35. The van der Waals surface area contributed by atoms with Gasteiger partial charge in [0.05, 0.1) is 5.56 Å². The lowest BCUT2D eigenvalue weighted by Crippen LogP contribution is -2.33. The van der Waals surface area contributed by atoms with Crippen LogP contribution in [0.25, 0.3) is 0 Å². The van der Waals surface area contributed by atoms with Crippen molar-refractivity contribution in [2.24, 2.45) is 0 Å². The molecule has 1 atom stereocenters. The number of anilines is 1. The van der Waals surface area contributed by atoms with Gasteiger partial charge in [0.2, 0.25) is 5.79 Å². The van der Waals surface area contributed by atoms with Gasteiger partial charge in [-0.05, 0) is 30.5 Å². The Labute approximate surface area is 140 Å². The molecule has 0 aliphatic carbocycles. The molecule has 4 nitrogen and oxygen atoms in total. The number of thioether (sulfide) groups is 1. The fraction of sp³-hybridized carbons (Fsp3) is 0.278. The molecule has 23 heavy (non-hydrogen) atoms. The van der Waals surface area contributed by atoms with Crippen molar-refractivity contribution in [2.75, 3.05) is 11.6 Å². The number of fused-ring (bicyclic) bond motifs is 1. The smallest absolute Gasteiger partial charge is 0.256 e. The van der Waals surface area contributed by atoms with Crippen molar-refractivity contribution in [3.63, 3.8) is 0 Å². The third-order valence-corrected chi connectivity index (χ3v) is 4.64. The van der Waals surface area contributed by atoms with Gasteiger partial charge in [-0.2, -0.15) is 0 Å². The molecule has 0 radical (unpaired) electrons. The van der Waals surface area contributed by atoms with Crippen LogP contribution >= 0.6 is 11.8 Å². The van der Waals surface area contributed by atoms with Gasteiger partial charge in [0.25, 0.3) is 5.91 Å². The summed E-state index contributed by atoms with van der Waals surface area (Å²) in [5.74, 6) is 0.602. The second-order valence-corrected chi connectivity index (χ2v) is 6.36. The maximum atomic E-state index is 12.5. The van der Waals surface area contributed by atoms with Gasteiger partial charge in [0.15, 0.2) is 11.5 Å². The first-order valence-corrected chi connectivity index (χ1v) is 8.73. The molecule has 0 saturated carbocycles. The summed E-state index contributed by atoms with van der Waals surface area (Å²) in [5, 5.41) is 2.92. The average molecular weight is 329 g/mol. The van der Waals surface area contributed by atoms with E-state index in [1.54, 1.807) is 17.8 Å². The fourth-order valence-corrected chi connectivity index (χ4v) is 3.01. The van der Waals surface area contributed by atoms with E-state index in [2.05, 4.69) is 5.32 Å². The monoisotopic (exact) mass is 329 g/mol. The minimum atomic E-state index is -0.629. The maximum Gasteiger partial charge on any atom is 0.256 e. The topological polar surface area (TPSA) is 47.6 Å². The first-order chi connectivity index (χ1) is 11.0. The summed E-state index contributed by atoms with van der Waals surface area (Å²) in [4.78, 5) is 13.4. The van der Waals surface area contributed by atoms with Crippen molar-refractivity contribution in [3.8, 4) is 11.5 Å². The van der Waals surface area contributed by atoms with Crippen molar-refractivity contribution < 1.29 is 14.3 Å². The van der Waals surface area contributed by atoms with E-state index in [0.717, 1.165) is 11.3 Å². The fourth-order valence-electron chi connectivity index (χ4n) is 2.41. The minimum Gasteiger partial charge on any atom is -0.449 e. The average Bonchev–Trinajstić information content (AvgIpc) is 2.91. The summed E-state index contributed by atoms with van der Waals surface area (Å²) in [6.45, 7) is 3.91. The standard InChI is InChI=1S/C18H19NO3S/c1-4-18(2)21-14-10-9-12(11-15(14)22-18)19-17(20)13-7-5-6-8-16(13)23-3/h5-11H,4H2,1-3H3,(H,19,20)/t18-/m1/s1. The number of ether oxygens (including phenoxy) is 2. The van der Waals surface area contributed by atoms with Gasteiger partial charge in [0, 0.05) is 30.0 Å². The van der Waals surface area contributed by atoms with Crippen LogP contribution < -0.4 is 14.8 Å². The lowest BCUT2D eigenvalue weighted by atomic mass is 10.2. The van der Waals surface area contributed by atoms with Crippen molar-refractivity contribution in [1.29, 1.82) is 0 Å². The molecule has 2 aromatic rings. The molecule has 0 fully saturated rings. The minimum absolute atomic E-state index is 0.132. The second-order valence-electron chi connectivity index (χ2n) is 5.51. The summed E-state index contributed by atoms with van der Waals surface area (Å²) in [6.07, 6.45) is 2.70. The molecule has 3 rings (SSSR count). The Morgan fingerprint density at radius 1 is 1.17 bits per heavy atom. The lowest BCUT2D eigenvalue weighted by molar-refractivity contribution is -0.0640. The molecular formula is C18H19NO3S. The highest BCUT2D eigenvalue weighted by molar-refractivity contribution is 7.98. The van der Waals surface area contributed by atoms with Crippen LogP contribution in [0, 0.1) is 0 Å². The molecule has 0 aromatic heterocycles. The summed E-state index contributed by atoms with van der Waals surface area (Å²) >= 11 is 1.55. The Morgan fingerprint density at radius 3 is 2.65 bits per heavy atom. The summed E-state index contributed by atoms with van der Waals surface area (Å²) < 4.78 is 11.6. The predicted molar refractivity (Wildman–Crippen MR) is 92.6 cm³/mol. The Balaban J connectivity index is 1.80. The van der Waals surface area contributed by atoms with E-state index in [4.69, 9.17) is 9.47 Å². The molecule has 120 valence electrons. The third kappa shape index (κ3) is 3.15. The number of amides is 1. The van der Waals surface area contributed by atoms with Crippen molar-refractivity contribution >= 4 is 23.4 Å². The Kier molecular flexibility index (Phi) is 4.22. The number of nitrogens with one attached hydrogen (secondary N) is 1. The van der Waals surface area contributed by atoms with Crippen LogP contribution in [0.5, 0.6) is 11.5 Å². The van der Waals surface area contributed by atoms with Crippen LogP contribution in [0.1, 0.15) is 30.6 Å². The summed E-state index contributed by atoms with van der Waals surface area (Å²) in [5.41, 5.74) is 1.35. The molecular weight excluding hydrogens is 310 g/mol. The quantitative estimate of drug-likeness (QED) is 0.836. The highest BCUT2D eigenvalue weighted by atomic mass is 32.2. The van der Waals surface area contributed by atoms with Gasteiger partial charge >= 0.3 is 0 Å².